The molecule has 1 amide bonds. The Morgan fingerprint density at radius 2 is 1.88 bits per heavy atom. The fourth-order valence-electron chi connectivity index (χ4n) is 4.84. The minimum absolute atomic E-state index is 0.245. The quantitative estimate of drug-likeness (QED) is 0.678. The van der Waals surface area contributed by atoms with Crippen LogP contribution in [0.1, 0.15) is 68.0 Å². The van der Waals surface area contributed by atoms with Crippen LogP contribution >= 0.6 is 0 Å². The van der Waals surface area contributed by atoms with Crippen molar-refractivity contribution in [2.75, 3.05) is 31.1 Å². The van der Waals surface area contributed by atoms with Crippen molar-refractivity contribution < 1.29 is 14.5 Å². The first-order valence-electron chi connectivity index (χ1n) is 12.1. The van der Waals surface area contributed by atoms with E-state index in [9.17, 15) is 10.1 Å². The van der Waals surface area contributed by atoms with Gasteiger partial charge in [-0.3, -0.25) is 9.69 Å². The van der Waals surface area contributed by atoms with Gasteiger partial charge in [0.25, 0.3) is 5.82 Å². The van der Waals surface area contributed by atoms with E-state index in [1.807, 2.05) is 11.0 Å². The van der Waals surface area contributed by atoms with Crippen molar-refractivity contribution in [3.05, 3.63) is 58.3 Å². The van der Waals surface area contributed by atoms with Gasteiger partial charge in [-0.2, -0.15) is 5.26 Å². The summed E-state index contributed by atoms with van der Waals surface area (Å²) in [5.74, 6) is 1.13. The second-order valence-corrected chi connectivity index (χ2v) is 9.75. The van der Waals surface area contributed by atoms with Crippen molar-refractivity contribution in [3.63, 3.8) is 0 Å². The number of fused-ring (bicyclic) bond motifs is 1. The Balaban J connectivity index is 1.66. The number of nitrogens with one attached hydrogen (secondary N) is 1. The van der Waals surface area contributed by atoms with Crippen LogP contribution in [0.5, 0.6) is 0 Å². The highest BCUT2D eigenvalue weighted by molar-refractivity contribution is 5.76. The van der Waals surface area contributed by atoms with Crippen molar-refractivity contribution in [1.82, 2.24) is 4.90 Å². The van der Waals surface area contributed by atoms with Crippen LogP contribution in [0.4, 0.5) is 5.82 Å². The van der Waals surface area contributed by atoms with Gasteiger partial charge < -0.3 is 9.64 Å². The third kappa shape index (κ3) is 5.20. The van der Waals surface area contributed by atoms with Gasteiger partial charge in [0, 0.05) is 24.8 Å². The minimum atomic E-state index is -0.300. The summed E-state index contributed by atoms with van der Waals surface area (Å²) >= 11 is 0. The molecular formula is C27H35N4O2+. The van der Waals surface area contributed by atoms with Crippen molar-refractivity contribution in [3.8, 4) is 6.07 Å². The molecule has 1 fully saturated rings. The molecule has 0 aliphatic carbocycles. The topological polar surface area (TPSA) is 70.7 Å². The lowest BCUT2D eigenvalue weighted by atomic mass is 9.87. The Morgan fingerprint density at radius 3 is 2.55 bits per heavy atom. The lowest BCUT2D eigenvalue weighted by Gasteiger charge is -2.35. The number of nitrogens with zero attached hydrogens (tertiary/aromatic N) is 3. The number of ether oxygens (including phenoxy) is 1. The van der Waals surface area contributed by atoms with Crippen LogP contribution in [-0.4, -0.2) is 42.6 Å². The number of hydrogen-bond acceptors (Lipinski definition) is 4. The first-order valence-corrected chi connectivity index (χ1v) is 12.1. The van der Waals surface area contributed by atoms with Crippen LogP contribution in [0, 0.1) is 11.3 Å². The molecule has 2 aromatic rings. The van der Waals surface area contributed by atoms with E-state index < -0.39 is 0 Å². The zero-order chi connectivity index (χ0) is 23.4. The Kier molecular flexibility index (Phi) is 6.99. The molecule has 0 unspecified atom stereocenters. The lowest BCUT2D eigenvalue weighted by molar-refractivity contribution is -0.378. The number of piperazine rings is 1. The standard InChI is InChI=1S/C27H34N4O2/c1-4-5-11-25(32)30-12-14-31(15-13-30)26-22(18-28)21-17-27(2,3)33-19-23(21)24(29-26)16-20-9-7-6-8-10-20/h6-10H,4-5,11-17,19H2,1-3H3/p+1. The fraction of sp³-hybridized carbons (Fsp3) is 0.519. The molecule has 0 spiro atoms. The maximum absolute atomic E-state index is 12.5. The number of aromatic amines is 1. The molecule has 1 aromatic carbocycles. The van der Waals surface area contributed by atoms with Crippen LogP contribution < -0.4 is 9.88 Å². The van der Waals surface area contributed by atoms with Gasteiger partial charge in [-0.25, -0.2) is 4.98 Å². The maximum Gasteiger partial charge on any atom is 0.293 e. The zero-order valence-corrected chi connectivity index (χ0v) is 20.1. The Labute approximate surface area is 197 Å². The molecule has 1 saturated heterocycles. The summed E-state index contributed by atoms with van der Waals surface area (Å²) in [5, 5.41) is 10.2. The van der Waals surface area contributed by atoms with Gasteiger partial charge in [-0.1, -0.05) is 43.7 Å². The van der Waals surface area contributed by atoms with Gasteiger partial charge in [0.05, 0.1) is 25.3 Å². The number of pyridine rings is 1. The van der Waals surface area contributed by atoms with Gasteiger partial charge in [-0.05, 0) is 31.4 Å². The number of nitriles is 1. The van der Waals surface area contributed by atoms with E-state index in [-0.39, 0.29) is 11.5 Å². The van der Waals surface area contributed by atoms with E-state index in [1.54, 1.807) is 0 Å². The SMILES string of the molecule is CCCCC(=O)N1CCN(c2[nH+]c(Cc3ccccc3)c3c(c2C#N)CC(C)(C)OC3)CC1. The van der Waals surface area contributed by atoms with Crippen LogP contribution in [0.2, 0.25) is 0 Å². The predicted octanol–water partition coefficient (Wildman–Crippen LogP) is 3.65. The lowest BCUT2D eigenvalue weighted by Crippen LogP contribution is -2.51. The molecule has 0 radical (unpaired) electrons. The largest absolute Gasteiger partial charge is 0.370 e. The highest BCUT2D eigenvalue weighted by Gasteiger charge is 2.36. The zero-order valence-electron chi connectivity index (χ0n) is 20.1. The van der Waals surface area contributed by atoms with Crippen LogP contribution in [0.25, 0.3) is 0 Å². The minimum Gasteiger partial charge on any atom is -0.370 e. The highest BCUT2D eigenvalue weighted by atomic mass is 16.5. The molecule has 4 rings (SSSR count). The summed E-state index contributed by atoms with van der Waals surface area (Å²) in [6.45, 7) is 9.65. The van der Waals surface area contributed by atoms with Crippen LogP contribution in [0.3, 0.4) is 0 Å². The van der Waals surface area contributed by atoms with Crippen molar-refractivity contribution >= 4 is 11.7 Å². The molecule has 0 atom stereocenters. The average Bonchev–Trinajstić information content (AvgIpc) is 2.82. The smallest absolute Gasteiger partial charge is 0.293 e. The molecule has 2 aliphatic rings. The van der Waals surface area contributed by atoms with E-state index in [0.717, 1.165) is 60.6 Å². The summed E-state index contributed by atoms with van der Waals surface area (Å²) in [5.41, 5.74) is 4.99. The second kappa shape index (κ2) is 9.93. The number of amides is 1. The summed E-state index contributed by atoms with van der Waals surface area (Å²) in [6, 6.07) is 12.9. The molecule has 1 aromatic heterocycles. The van der Waals surface area contributed by atoms with Crippen LogP contribution in [0.15, 0.2) is 30.3 Å². The van der Waals surface area contributed by atoms with E-state index in [2.05, 4.69) is 61.0 Å². The van der Waals surface area contributed by atoms with Crippen LogP contribution in [-0.2, 0) is 29.0 Å². The second-order valence-electron chi connectivity index (χ2n) is 9.75. The summed E-state index contributed by atoms with van der Waals surface area (Å²) in [6.07, 6.45) is 4.08. The van der Waals surface area contributed by atoms with Gasteiger partial charge in [0.1, 0.15) is 30.4 Å². The number of carbonyl (C=O) groups excluding carboxylic acids is 1. The van der Waals surface area contributed by atoms with Gasteiger partial charge in [0.15, 0.2) is 0 Å². The molecule has 33 heavy (non-hydrogen) atoms. The van der Waals surface area contributed by atoms with Gasteiger partial charge in [0.2, 0.25) is 5.91 Å². The molecule has 0 saturated carbocycles. The predicted molar refractivity (Wildman–Crippen MR) is 128 cm³/mol. The summed E-state index contributed by atoms with van der Waals surface area (Å²) in [4.78, 5) is 20.3. The van der Waals surface area contributed by atoms with E-state index >= 15 is 0 Å². The number of carbonyl (C=O) groups is 1. The molecule has 174 valence electrons. The first kappa shape index (κ1) is 23.3. The number of aromatic nitrogens is 1. The molecule has 6 heteroatoms. The highest BCUT2D eigenvalue weighted by Crippen LogP contribution is 2.34. The molecule has 6 nitrogen and oxygen atoms in total. The molecule has 1 N–H and O–H groups in total. The summed E-state index contributed by atoms with van der Waals surface area (Å²) < 4.78 is 6.14. The number of benzene rings is 1. The van der Waals surface area contributed by atoms with Crippen molar-refractivity contribution in [2.24, 2.45) is 0 Å². The third-order valence-corrected chi connectivity index (χ3v) is 6.77. The van der Waals surface area contributed by atoms with Crippen molar-refractivity contribution in [2.45, 2.75) is 65.1 Å². The number of H-pyrrole nitrogens is 1. The van der Waals surface area contributed by atoms with E-state index in [4.69, 9.17) is 4.74 Å². The van der Waals surface area contributed by atoms with E-state index in [0.29, 0.717) is 32.5 Å². The number of anilines is 1. The first-order chi connectivity index (χ1) is 15.9. The number of hydrogen-bond donors (Lipinski definition) is 0. The maximum atomic E-state index is 12.5. The van der Waals surface area contributed by atoms with Gasteiger partial charge in [-0.15, -0.1) is 0 Å². The monoisotopic (exact) mass is 447 g/mol. The average molecular weight is 448 g/mol. The summed E-state index contributed by atoms with van der Waals surface area (Å²) in [7, 11) is 0. The number of unbranched alkanes of at least 4 members (excludes halogenated alkanes) is 1. The molecule has 2 aliphatic heterocycles. The number of rotatable bonds is 6. The van der Waals surface area contributed by atoms with Gasteiger partial charge >= 0.3 is 0 Å². The third-order valence-electron chi connectivity index (χ3n) is 6.77. The van der Waals surface area contributed by atoms with E-state index in [1.165, 1.54) is 5.56 Å². The molecule has 0 bridgehead atoms. The molecular weight excluding hydrogens is 412 g/mol. The Bertz CT molecular complexity index is 1030. The Morgan fingerprint density at radius 1 is 1.15 bits per heavy atom. The fourth-order valence-corrected chi connectivity index (χ4v) is 4.84. The normalized spacial score (nSPS) is 17.4. The van der Waals surface area contributed by atoms with Crippen molar-refractivity contribution in [1.29, 1.82) is 5.26 Å². The molecule has 3 heterocycles. The Hall–Kier alpha value is -2.91.